The van der Waals surface area contributed by atoms with E-state index in [2.05, 4.69) is 66.7 Å². The Bertz CT molecular complexity index is 3460. The standard InChI is InChI=1S/C60H42N2O2.Ir/c1-40(63)36-51(64)33-30-41-12-2-5-15-52(41)48-37-49(55-18-8-6-16-53(55)42-22-26-46(27-23-42)59-34-31-44-13-3-10-20-57(44)61-59)39-50(38-48)56-19-9-7-17-54(56)43-24-28-47(29-25-43)60-35-32-45-14-4-11-21-58(45)62-60;/h2-26,28,31-32,34-39,63H,30,33H2,1H3;/q-2;/b40-36-;/i1D3,33D2,36D;. The van der Waals surface area contributed by atoms with Crippen LogP contribution in [0.2, 0.25) is 0 Å². The Morgan fingerprint density at radius 2 is 0.985 bits per heavy atom. The van der Waals surface area contributed by atoms with Gasteiger partial charge in [-0.05, 0) is 105 Å². The number of aliphatic hydroxyl groups is 1. The Balaban J connectivity index is 0.00000624. The van der Waals surface area contributed by atoms with E-state index in [1.807, 2.05) is 133 Å². The molecule has 2 heterocycles. The Morgan fingerprint density at radius 3 is 1.46 bits per heavy atom. The Kier molecular flexibility index (Phi) is 10.5. The molecule has 0 aliphatic heterocycles. The van der Waals surface area contributed by atoms with Crippen molar-refractivity contribution >= 4 is 27.6 Å². The predicted octanol–water partition coefficient (Wildman–Crippen LogP) is 15.0. The van der Waals surface area contributed by atoms with E-state index < -0.39 is 37.2 Å². The fraction of sp³-hybridized carbons (Fsp3) is 0.0500. The maximum Gasteiger partial charge on any atom is 0.159 e. The van der Waals surface area contributed by atoms with Crippen molar-refractivity contribution in [2.75, 3.05) is 0 Å². The normalized spacial score (nSPS) is 13.3. The second-order valence-electron chi connectivity index (χ2n) is 15.5. The summed E-state index contributed by atoms with van der Waals surface area (Å²) in [6, 6.07) is 71.7. The van der Waals surface area contributed by atoms with Gasteiger partial charge in [0.2, 0.25) is 0 Å². The third-order valence-corrected chi connectivity index (χ3v) is 11.4. The third-order valence-electron chi connectivity index (χ3n) is 11.4. The zero-order chi connectivity index (χ0) is 48.6. The van der Waals surface area contributed by atoms with Crippen molar-refractivity contribution in [1.82, 2.24) is 9.97 Å². The van der Waals surface area contributed by atoms with Crippen molar-refractivity contribution in [1.29, 1.82) is 0 Å². The van der Waals surface area contributed by atoms with Gasteiger partial charge in [0.25, 0.3) is 0 Å². The molecule has 315 valence electrons. The molecule has 0 aliphatic rings. The molecule has 0 amide bonds. The topological polar surface area (TPSA) is 63.1 Å². The molecule has 8 aromatic carbocycles. The molecule has 4 nitrogen and oxygen atoms in total. The molecule has 0 saturated heterocycles. The Hall–Kier alpha value is -7.56. The Labute approximate surface area is 401 Å². The van der Waals surface area contributed by atoms with Crippen molar-refractivity contribution in [2.24, 2.45) is 0 Å². The maximum atomic E-state index is 13.4. The van der Waals surface area contributed by atoms with Gasteiger partial charge in [0.05, 0.1) is 18.2 Å². The number of aryl methyl sites for hydroxylation is 1. The number of para-hydroxylation sites is 2. The average molecular weight is 1020 g/mol. The van der Waals surface area contributed by atoms with Crippen LogP contribution in [0.1, 0.15) is 27.0 Å². The van der Waals surface area contributed by atoms with Crippen LogP contribution in [0.25, 0.3) is 100.0 Å². The van der Waals surface area contributed by atoms with Crippen LogP contribution in [-0.2, 0) is 31.3 Å². The SMILES string of the molecule is [2H]/C(C(=O)C([2H])([2H])Cc1ccccc1-c1cc(-c2ccccc2-c2c[c-]c(-c3ccc4ccccc4n3)cc2)cc(-c2ccccc2-c2c[c-]c(-c3ccc4ccccc4n3)cc2)c1)=C(/O)C([2H])([2H])[2H].[Ir]. The molecule has 5 heteroatoms. The summed E-state index contributed by atoms with van der Waals surface area (Å²) in [5, 5.41) is 12.3. The first-order chi connectivity index (χ1) is 33.8. The molecular weight excluding hydrogens is 973 g/mol. The number of ketones is 1. The maximum absolute atomic E-state index is 13.4. The fourth-order valence-corrected chi connectivity index (χ4v) is 8.29. The largest absolute Gasteiger partial charge is 0.512 e. The van der Waals surface area contributed by atoms with Crippen molar-refractivity contribution in [3.8, 4) is 78.1 Å². The number of aromatic nitrogens is 2. The zero-order valence-corrected chi connectivity index (χ0v) is 37.2. The van der Waals surface area contributed by atoms with E-state index in [-0.39, 0.29) is 20.1 Å². The van der Waals surface area contributed by atoms with Crippen LogP contribution in [0, 0.1) is 12.1 Å². The van der Waals surface area contributed by atoms with Gasteiger partial charge < -0.3 is 5.11 Å². The van der Waals surface area contributed by atoms with E-state index in [9.17, 15) is 9.90 Å². The van der Waals surface area contributed by atoms with E-state index in [4.69, 9.17) is 18.2 Å². The number of carbonyl (C=O) groups is 1. The predicted molar refractivity (Wildman–Crippen MR) is 262 cm³/mol. The molecule has 0 unspecified atom stereocenters. The Morgan fingerprint density at radius 1 is 0.554 bits per heavy atom. The number of aliphatic hydroxyl groups excluding tert-OH is 1. The van der Waals surface area contributed by atoms with Crippen molar-refractivity contribution in [3.63, 3.8) is 0 Å². The molecule has 1 radical (unpaired) electrons. The number of benzene rings is 8. The van der Waals surface area contributed by atoms with Crippen LogP contribution < -0.4 is 0 Å². The summed E-state index contributed by atoms with van der Waals surface area (Å²) in [6.45, 7) is -3.15. The van der Waals surface area contributed by atoms with Crippen LogP contribution in [0.4, 0.5) is 0 Å². The second kappa shape index (κ2) is 19.0. The minimum atomic E-state index is -3.15. The smallest absolute Gasteiger partial charge is 0.159 e. The van der Waals surface area contributed by atoms with Crippen molar-refractivity contribution in [3.05, 3.63) is 230 Å². The molecule has 0 aliphatic carbocycles. The summed E-state index contributed by atoms with van der Waals surface area (Å²) in [5.74, 6) is -2.87. The molecule has 0 fully saturated rings. The van der Waals surface area contributed by atoms with E-state index in [0.717, 1.165) is 94.4 Å². The summed E-state index contributed by atoms with van der Waals surface area (Å²) in [5.41, 5.74) is 14.4. The summed E-state index contributed by atoms with van der Waals surface area (Å²) in [7, 11) is 0. The van der Waals surface area contributed by atoms with Gasteiger partial charge in [0.15, 0.2) is 5.78 Å². The molecule has 10 aromatic rings. The number of hydrogen-bond donors (Lipinski definition) is 1. The number of pyridine rings is 2. The number of hydrogen-bond acceptors (Lipinski definition) is 4. The fourth-order valence-electron chi connectivity index (χ4n) is 8.29. The number of nitrogens with zero attached hydrogens (tertiary/aromatic N) is 2. The molecule has 65 heavy (non-hydrogen) atoms. The molecular formula is C60H42IrN2O2-2. The first-order valence-electron chi connectivity index (χ1n) is 23.9. The molecule has 10 rings (SSSR count). The molecule has 0 bridgehead atoms. The first kappa shape index (κ1) is 35.9. The van der Waals surface area contributed by atoms with Crippen LogP contribution in [0.5, 0.6) is 0 Å². The minimum absolute atomic E-state index is 0. The summed E-state index contributed by atoms with van der Waals surface area (Å²) in [4.78, 5) is 23.2. The minimum Gasteiger partial charge on any atom is -0.512 e. The van der Waals surface area contributed by atoms with Gasteiger partial charge in [0, 0.05) is 39.4 Å². The van der Waals surface area contributed by atoms with Crippen molar-refractivity contribution < 1.29 is 38.2 Å². The molecule has 1 N–H and O–H groups in total. The van der Waals surface area contributed by atoms with E-state index >= 15 is 0 Å². The molecule has 0 saturated carbocycles. The van der Waals surface area contributed by atoms with Gasteiger partial charge in [-0.25, -0.2) is 0 Å². The summed E-state index contributed by atoms with van der Waals surface area (Å²) < 4.78 is 48.3. The number of carbonyl (C=O) groups excluding carboxylic acids is 1. The van der Waals surface area contributed by atoms with Gasteiger partial charge in [-0.2, -0.15) is 0 Å². The number of allylic oxidation sites excluding steroid dienone is 2. The van der Waals surface area contributed by atoms with Gasteiger partial charge in [-0.15, -0.1) is 59.7 Å². The summed E-state index contributed by atoms with van der Waals surface area (Å²) >= 11 is 0. The van der Waals surface area contributed by atoms with Crippen LogP contribution in [0.15, 0.2) is 212 Å². The van der Waals surface area contributed by atoms with Gasteiger partial charge in [-0.1, -0.05) is 156 Å². The van der Waals surface area contributed by atoms with Crippen LogP contribution >= 0.6 is 0 Å². The number of rotatable bonds is 11. The van der Waals surface area contributed by atoms with Gasteiger partial charge in [-0.3, -0.25) is 14.8 Å². The molecule has 2 aromatic heterocycles. The first-order valence-corrected chi connectivity index (χ1v) is 20.9. The quantitative estimate of drug-likeness (QED) is 0.0797. The summed E-state index contributed by atoms with van der Waals surface area (Å²) in [6.07, 6.45) is -3.23. The van der Waals surface area contributed by atoms with Crippen LogP contribution in [0.3, 0.4) is 0 Å². The van der Waals surface area contributed by atoms with E-state index in [1.54, 1.807) is 12.1 Å². The monoisotopic (exact) mass is 1020 g/mol. The van der Waals surface area contributed by atoms with E-state index in [1.165, 1.54) is 0 Å². The third kappa shape index (κ3) is 9.25. The van der Waals surface area contributed by atoms with Crippen LogP contribution in [-0.4, -0.2) is 20.9 Å². The van der Waals surface area contributed by atoms with Gasteiger partial charge >= 0.3 is 0 Å². The van der Waals surface area contributed by atoms with Gasteiger partial charge in [0.1, 0.15) is 0 Å². The van der Waals surface area contributed by atoms with E-state index in [0.29, 0.717) is 11.1 Å². The second-order valence-corrected chi connectivity index (χ2v) is 15.5. The molecule has 0 spiro atoms. The van der Waals surface area contributed by atoms with Crippen molar-refractivity contribution in [2.45, 2.75) is 19.6 Å². The molecule has 0 atom stereocenters. The zero-order valence-electron chi connectivity index (χ0n) is 40.8. The average Bonchev–Trinajstić information content (AvgIpc) is 3.39. The number of fused-ring (bicyclic) bond motifs is 2.